The van der Waals surface area contributed by atoms with E-state index < -0.39 is 17.6 Å². The van der Waals surface area contributed by atoms with Gasteiger partial charge in [-0.05, 0) is 45.6 Å². The monoisotopic (exact) mass is 473 g/mol. The molecule has 0 spiro atoms. The second kappa shape index (κ2) is 11.1. The third kappa shape index (κ3) is 6.77. The molecule has 1 saturated heterocycles. The summed E-state index contributed by atoms with van der Waals surface area (Å²) in [5.41, 5.74) is 0.551. The van der Waals surface area contributed by atoms with E-state index in [1.165, 1.54) is 11.3 Å². The molecule has 1 aliphatic rings. The summed E-state index contributed by atoms with van der Waals surface area (Å²) in [6, 6.07) is 9.61. The van der Waals surface area contributed by atoms with Crippen molar-refractivity contribution in [1.29, 1.82) is 0 Å². The molecule has 1 N–H and O–H groups in total. The van der Waals surface area contributed by atoms with E-state index in [0.717, 1.165) is 23.4 Å². The first-order chi connectivity index (χ1) is 15.7. The molecule has 7 nitrogen and oxygen atoms in total. The number of amides is 2. The largest absolute Gasteiger partial charge is 0.444 e. The molecule has 1 aliphatic heterocycles. The lowest BCUT2D eigenvalue weighted by molar-refractivity contribution is -0.131. The molecule has 2 aromatic rings. The number of nitrogens with zero attached hydrogens (tertiary/aromatic N) is 2. The fourth-order valence-corrected chi connectivity index (χ4v) is 4.97. The van der Waals surface area contributed by atoms with Crippen LogP contribution in [0.15, 0.2) is 41.9 Å². The molecule has 0 aliphatic carbocycles. The van der Waals surface area contributed by atoms with E-state index >= 15 is 0 Å². The number of rotatable bonds is 8. The number of carbonyl (C=O) groups is 2. The zero-order valence-electron chi connectivity index (χ0n) is 20.1. The van der Waals surface area contributed by atoms with E-state index in [0.29, 0.717) is 13.0 Å². The number of hydrogen-bond donors (Lipinski definition) is 1. The predicted molar refractivity (Wildman–Crippen MR) is 129 cm³/mol. The third-order valence-electron chi connectivity index (χ3n) is 5.83. The van der Waals surface area contributed by atoms with Crippen molar-refractivity contribution in [3.63, 3.8) is 0 Å². The normalized spacial score (nSPS) is 19.1. The Morgan fingerprint density at radius 1 is 1.27 bits per heavy atom. The second-order valence-electron chi connectivity index (χ2n) is 9.49. The van der Waals surface area contributed by atoms with E-state index in [4.69, 9.17) is 9.47 Å². The van der Waals surface area contributed by atoms with Gasteiger partial charge >= 0.3 is 6.09 Å². The fraction of sp³-hybridized carbons (Fsp3) is 0.560. The lowest BCUT2D eigenvalue weighted by Crippen LogP contribution is -2.51. The van der Waals surface area contributed by atoms with Crippen molar-refractivity contribution in [2.24, 2.45) is 5.92 Å². The Morgan fingerprint density at radius 2 is 2.00 bits per heavy atom. The van der Waals surface area contributed by atoms with Crippen LogP contribution in [0.4, 0.5) is 4.79 Å². The first-order valence-electron chi connectivity index (χ1n) is 11.5. The molecular formula is C25H35N3O4S. The average Bonchev–Trinajstić information content (AvgIpc) is 3.46. The summed E-state index contributed by atoms with van der Waals surface area (Å²) in [5.74, 6) is -0.574. The summed E-state index contributed by atoms with van der Waals surface area (Å²) >= 11 is 1.53. The smallest absolute Gasteiger partial charge is 0.410 e. The minimum absolute atomic E-state index is 0.117. The van der Waals surface area contributed by atoms with Crippen LogP contribution in [0, 0.1) is 5.92 Å². The number of carbonyl (C=O) groups excluding carboxylic acids is 2. The number of aromatic nitrogens is 1. The Kier molecular flexibility index (Phi) is 8.48. The van der Waals surface area contributed by atoms with Crippen LogP contribution >= 0.6 is 11.3 Å². The molecule has 180 valence electrons. The lowest BCUT2D eigenvalue weighted by atomic mass is 9.94. The first-order valence-corrected chi connectivity index (χ1v) is 12.3. The van der Waals surface area contributed by atoms with Gasteiger partial charge in [-0.1, -0.05) is 37.3 Å². The summed E-state index contributed by atoms with van der Waals surface area (Å²) in [6.07, 6.45) is 3.24. The van der Waals surface area contributed by atoms with Gasteiger partial charge in [0.1, 0.15) is 10.6 Å². The Morgan fingerprint density at radius 3 is 2.61 bits per heavy atom. The van der Waals surface area contributed by atoms with Crippen LogP contribution < -0.4 is 5.32 Å². The number of nitrogens with one attached hydrogen (secondary N) is 1. The van der Waals surface area contributed by atoms with Crippen LogP contribution in [0.1, 0.15) is 57.1 Å². The molecule has 8 heteroatoms. The van der Waals surface area contributed by atoms with Crippen LogP contribution in [0.5, 0.6) is 0 Å². The zero-order valence-corrected chi connectivity index (χ0v) is 20.9. The molecular weight excluding hydrogens is 438 g/mol. The Labute approximate surface area is 200 Å². The SMILES string of the molecule is CO[C@@H]([C@H](C)C(=O)N[C@@H](Cc1ccccc1)c1nccs1)[C@@H]1CCCN1C(=O)OC(C)(C)C. The van der Waals surface area contributed by atoms with Gasteiger partial charge in [0, 0.05) is 25.2 Å². The third-order valence-corrected chi connectivity index (χ3v) is 6.72. The van der Waals surface area contributed by atoms with Gasteiger partial charge in [0.05, 0.1) is 24.1 Å². The van der Waals surface area contributed by atoms with E-state index in [9.17, 15) is 9.59 Å². The molecule has 2 amide bonds. The number of likely N-dealkylation sites (tertiary alicyclic amines) is 1. The molecule has 1 aromatic carbocycles. The van der Waals surface area contributed by atoms with Crippen molar-refractivity contribution < 1.29 is 19.1 Å². The van der Waals surface area contributed by atoms with Gasteiger partial charge in [-0.2, -0.15) is 0 Å². The van der Waals surface area contributed by atoms with Crippen molar-refractivity contribution in [3.05, 3.63) is 52.5 Å². The van der Waals surface area contributed by atoms with Crippen LogP contribution in [0.25, 0.3) is 0 Å². The van der Waals surface area contributed by atoms with Crippen molar-refractivity contribution in [2.45, 2.75) is 70.7 Å². The Balaban J connectivity index is 1.72. The molecule has 0 radical (unpaired) electrons. The van der Waals surface area contributed by atoms with Crippen LogP contribution in [-0.2, 0) is 20.7 Å². The van der Waals surface area contributed by atoms with Gasteiger partial charge in [-0.3, -0.25) is 4.79 Å². The highest BCUT2D eigenvalue weighted by atomic mass is 32.1. The number of benzene rings is 1. The highest BCUT2D eigenvalue weighted by Gasteiger charge is 2.41. The summed E-state index contributed by atoms with van der Waals surface area (Å²) in [4.78, 5) is 32.3. The second-order valence-corrected chi connectivity index (χ2v) is 10.4. The maximum atomic E-state index is 13.4. The molecule has 0 bridgehead atoms. The first kappa shape index (κ1) is 25.2. The standard InChI is InChI=1S/C25H35N3O4S/c1-17(21(31-5)20-12-9-14-28(20)24(30)32-25(2,3)4)22(29)27-19(23-26-13-15-33-23)16-18-10-7-6-8-11-18/h6-8,10-11,13,15,17,19-21H,9,12,14,16H2,1-5H3,(H,27,29)/t17-,19-,20-,21-/m0/s1. The molecule has 4 atom stereocenters. The molecule has 0 saturated carbocycles. The van der Waals surface area contributed by atoms with E-state index in [1.807, 2.05) is 63.4 Å². The number of methoxy groups -OCH3 is 1. The summed E-state index contributed by atoms with van der Waals surface area (Å²) in [5, 5.41) is 5.96. The Bertz CT molecular complexity index is 898. The number of thiazole rings is 1. The number of ether oxygens (including phenoxy) is 2. The molecule has 3 rings (SSSR count). The Hall–Kier alpha value is -2.45. The van der Waals surface area contributed by atoms with Crippen molar-refractivity contribution in [1.82, 2.24) is 15.2 Å². The maximum absolute atomic E-state index is 13.4. The van der Waals surface area contributed by atoms with E-state index in [1.54, 1.807) is 18.2 Å². The van der Waals surface area contributed by atoms with Crippen molar-refractivity contribution in [2.75, 3.05) is 13.7 Å². The molecule has 33 heavy (non-hydrogen) atoms. The fourth-order valence-electron chi connectivity index (χ4n) is 4.28. The maximum Gasteiger partial charge on any atom is 0.410 e. The van der Waals surface area contributed by atoms with E-state index in [-0.39, 0.29) is 24.1 Å². The molecule has 1 fully saturated rings. The van der Waals surface area contributed by atoms with Gasteiger partial charge in [0.25, 0.3) is 0 Å². The van der Waals surface area contributed by atoms with Gasteiger partial charge in [0.15, 0.2) is 0 Å². The van der Waals surface area contributed by atoms with Gasteiger partial charge in [-0.25, -0.2) is 9.78 Å². The van der Waals surface area contributed by atoms with E-state index in [2.05, 4.69) is 10.3 Å². The summed E-state index contributed by atoms with van der Waals surface area (Å²) < 4.78 is 11.4. The minimum atomic E-state index is -0.575. The van der Waals surface area contributed by atoms with Crippen LogP contribution in [0.3, 0.4) is 0 Å². The van der Waals surface area contributed by atoms with Gasteiger partial charge < -0.3 is 19.7 Å². The highest BCUT2D eigenvalue weighted by Crippen LogP contribution is 2.29. The minimum Gasteiger partial charge on any atom is -0.444 e. The highest BCUT2D eigenvalue weighted by molar-refractivity contribution is 7.09. The lowest BCUT2D eigenvalue weighted by Gasteiger charge is -2.35. The topological polar surface area (TPSA) is 80.8 Å². The van der Waals surface area contributed by atoms with Crippen molar-refractivity contribution in [3.8, 4) is 0 Å². The molecule has 1 aromatic heterocycles. The quantitative estimate of drug-likeness (QED) is 0.606. The molecule has 2 heterocycles. The summed E-state index contributed by atoms with van der Waals surface area (Å²) in [7, 11) is 1.60. The average molecular weight is 474 g/mol. The summed E-state index contributed by atoms with van der Waals surface area (Å²) in [6.45, 7) is 8.02. The van der Waals surface area contributed by atoms with Crippen molar-refractivity contribution >= 4 is 23.3 Å². The molecule has 0 unspecified atom stereocenters. The van der Waals surface area contributed by atoms with Gasteiger partial charge in [0.2, 0.25) is 5.91 Å². The van der Waals surface area contributed by atoms with Gasteiger partial charge in [-0.15, -0.1) is 11.3 Å². The predicted octanol–water partition coefficient (Wildman–Crippen LogP) is 4.59. The zero-order chi connectivity index (χ0) is 24.0. The van der Waals surface area contributed by atoms with Crippen LogP contribution in [0.2, 0.25) is 0 Å². The number of hydrogen-bond acceptors (Lipinski definition) is 6. The van der Waals surface area contributed by atoms with Crippen LogP contribution in [-0.4, -0.2) is 53.3 Å².